The number of fused-ring (bicyclic) bond motifs is 1. The van der Waals surface area contributed by atoms with Crippen LogP contribution < -0.4 is 16.4 Å². The standard InChI is InChI=1S/C20H25N5O2/c1-14-7-8-16(12-22-14)23-20(27)24-18-5-2-4-15-13-25(11-9-17(15)18)10-3-6-19(21)26/h2,4-5,7-8,12H,3,6,9-11,13H2,1H3,(H2,21,26)(H2,23,24,27). The van der Waals surface area contributed by atoms with Gasteiger partial charge in [-0.25, -0.2) is 4.79 Å². The van der Waals surface area contributed by atoms with Crippen molar-refractivity contribution in [2.45, 2.75) is 32.7 Å². The summed E-state index contributed by atoms with van der Waals surface area (Å²) < 4.78 is 0. The van der Waals surface area contributed by atoms with Crippen molar-refractivity contribution < 1.29 is 9.59 Å². The molecule has 0 fully saturated rings. The molecule has 0 atom stereocenters. The Morgan fingerprint density at radius 3 is 2.81 bits per heavy atom. The molecule has 0 saturated carbocycles. The normalized spacial score (nSPS) is 13.7. The van der Waals surface area contributed by atoms with E-state index in [0.29, 0.717) is 12.1 Å². The molecule has 0 unspecified atom stereocenters. The van der Waals surface area contributed by atoms with Crippen LogP contribution in [0.25, 0.3) is 0 Å². The van der Waals surface area contributed by atoms with Crippen molar-refractivity contribution in [3.05, 3.63) is 53.3 Å². The van der Waals surface area contributed by atoms with Gasteiger partial charge in [-0.1, -0.05) is 12.1 Å². The number of nitrogens with two attached hydrogens (primary N) is 1. The van der Waals surface area contributed by atoms with Crippen LogP contribution in [-0.4, -0.2) is 34.9 Å². The first kappa shape index (κ1) is 18.8. The highest BCUT2D eigenvalue weighted by atomic mass is 16.2. The van der Waals surface area contributed by atoms with E-state index >= 15 is 0 Å². The number of carbonyl (C=O) groups is 2. The zero-order valence-electron chi connectivity index (χ0n) is 15.5. The lowest BCUT2D eigenvalue weighted by Gasteiger charge is -2.30. The highest BCUT2D eigenvalue weighted by molar-refractivity contribution is 6.00. The molecule has 27 heavy (non-hydrogen) atoms. The second-order valence-corrected chi connectivity index (χ2v) is 6.81. The third-order valence-electron chi connectivity index (χ3n) is 4.66. The Hall–Kier alpha value is -2.93. The molecule has 0 spiro atoms. The molecule has 1 aliphatic heterocycles. The predicted octanol–water partition coefficient (Wildman–Crippen LogP) is 2.66. The summed E-state index contributed by atoms with van der Waals surface area (Å²) in [5, 5.41) is 5.75. The fraction of sp³-hybridized carbons (Fsp3) is 0.350. The fourth-order valence-corrected chi connectivity index (χ4v) is 3.28. The molecule has 0 radical (unpaired) electrons. The SMILES string of the molecule is Cc1ccc(NC(=O)Nc2cccc3c2CCN(CCCC(N)=O)C3)cn1. The van der Waals surface area contributed by atoms with Crippen molar-refractivity contribution in [1.29, 1.82) is 0 Å². The number of nitrogens with one attached hydrogen (secondary N) is 2. The van der Waals surface area contributed by atoms with Gasteiger partial charge >= 0.3 is 6.03 Å². The number of rotatable bonds is 6. The minimum Gasteiger partial charge on any atom is -0.370 e. The number of hydrogen-bond donors (Lipinski definition) is 3. The number of urea groups is 1. The van der Waals surface area contributed by atoms with E-state index in [1.54, 1.807) is 6.20 Å². The smallest absolute Gasteiger partial charge is 0.323 e. The first-order chi connectivity index (χ1) is 13.0. The number of carbonyl (C=O) groups excluding carboxylic acids is 2. The van der Waals surface area contributed by atoms with E-state index in [0.717, 1.165) is 43.9 Å². The zero-order chi connectivity index (χ0) is 19.2. The van der Waals surface area contributed by atoms with Gasteiger partial charge in [0.1, 0.15) is 0 Å². The van der Waals surface area contributed by atoms with Gasteiger partial charge in [0, 0.05) is 30.9 Å². The van der Waals surface area contributed by atoms with Gasteiger partial charge in [-0.3, -0.25) is 14.7 Å². The second-order valence-electron chi connectivity index (χ2n) is 6.81. The molecule has 142 valence electrons. The van der Waals surface area contributed by atoms with Crippen molar-refractivity contribution in [2.75, 3.05) is 23.7 Å². The van der Waals surface area contributed by atoms with Gasteiger partial charge in [-0.15, -0.1) is 0 Å². The van der Waals surface area contributed by atoms with Crippen LogP contribution in [0, 0.1) is 6.92 Å². The summed E-state index contributed by atoms with van der Waals surface area (Å²) in [6, 6.07) is 9.36. The van der Waals surface area contributed by atoms with Crippen LogP contribution >= 0.6 is 0 Å². The molecule has 7 nitrogen and oxygen atoms in total. The quantitative estimate of drug-likeness (QED) is 0.731. The van der Waals surface area contributed by atoms with Crippen molar-refractivity contribution >= 4 is 23.3 Å². The van der Waals surface area contributed by atoms with E-state index in [9.17, 15) is 9.59 Å². The molecular formula is C20H25N5O2. The highest BCUT2D eigenvalue weighted by Crippen LogP contribution is 2.26. The Morgan fingerprint density at radius 1 is 1.22 bits per heavy atom. The zero-order valence-corrected chi connectivity index (χ0v) is 15.5. The molecule has 2 aromatic rings. The molecule has 1 aromatic heterocycles. The van der Waals surface area contributed by atoms with Crippen molar-refractivity contribution in [3.8, 4) is 0 Å². The topological polar surface area (TPSA) is 100 Å². The molecular weight excluding hydrogens is 342 g/mol. The van der Waals surface area contributed by atoms with Crippen molar-refractivity contribution in [1.82, 2.24) is 9.88 Å². The number of nitrogens with zero attached hydrogens (tertiary/aromatic N) is 2. The number of primary amides is 1. The lowest BCUT2D eigenvalue weighted by Crippen LogP contribution is -2.32. The largest absolute Gasteiger partial charge is 0.370 e. The van der Waals surface area contributed by atoms with Gasteiger partial charge in [-0.2, -0.15) is 0 Å². The molecule has 0 bridgehead atoms. The summed E-state index contributed by atoms with van der Waals surface area (Å²) >= 11 is 0. The van der Waals surface area contributed by atoms with Crippen LogP contribution in [0.5, 0.6) is 0 Å². The average molecular weight is 367 g/mol. The summed E-state index contributed by atoms with van der Waals surface area (Å²) in [5.41, 5.74) is 9.97. The number of pyridine rings is 1. The number of amides is 3. The summed E-state index contributed by atoms with van der Waals surface area (Å²) in [6.45, 7) is 4.46. The molecule has 1 aliphatic rings. The van der Waals surface area contributed by atoms with Gasteiger partial charge < -0.3 is 16.4 Å². The van der Waals surface area contributed by atoms with Crippen LogP contribution in [0.4, 0.5) is 16.2 Å². The first-order valence-corrected chi connectivity index (χ1v) is 9.13. The van der Waals surface area contributed by atoms with Crippen LogP contribution in [-0.2, 0) is 17.8 Å². The van der Waals surface area contributed by atoms with E-state index in [-0.39, 0.29) is 11.9 Å². The molecule has 0 saturated heterocycles. The van der Waals surface area contributed by atoms with E-state index in [1.807, 2.05) is 31.2 Å². The second kappa shape index (κ2) is 8.64. The average Bonchev–Trinajstić information content (AvgIpc) is 2.63. The third-order valence-corrected chi connectivity index (χ3v) is 4.66. The van der Waals surface area contributed by atoms with E-state index in [2.05, 4.69) is 26.6 Å². The molecule has 0 aliphatic carbocycles. The molecule has 1 aromatic carbocycles. The maximum absolute atomic E-state index is 12.3. The van der Waals surface area contributed by atoms with E-state index in [1.165, 1.54) is 11.1 Å². The van der Waals surface area contributed by atoms with E-state index < -0.39 is 0 Å². The maximum atomic E-state index is 12.3. The predicted molar refractivity (Wildman–Crippen MR) is 105 cm³/mol. The van der Waals surface area contributed by atoms with Gasteiger partial charge in [0.25, 0.3) is 0 Å². The fourth-order valence-electron chi connectivity index (χ4n) is 3.28. The van der Waals surface area contributed by atoms with Gasteiger partial charge in [0.05, 0.1) is 11.9 Å². The molecule has 2 heterocycles. The summed E-state index contributed by atoms with van der Waals surface area (Å²) in [6.07, 6.45) is 3.68. The molecule has 3 rings (SSSR count). The lowest BCUT2D eigenvalue weighted by molar-refractivity contribution is -0.118. The number of aryl methyl sites for hydroxylation is 1. The summed E-state index contributed by atoms with van der Waals surface area (Å²) in [4.78, 5) is 29.7. The monoisotopic (exact) mass is 367 g/mol. The minimum atomic E-state index is -0.280. The Morgan fingerprint density at radius 2 is 2.07 bits per heavy atom. The lowest BCUT2D eigenvalue weighted by atomic mass is 9.97. The van der Waals surface area contributed by atoms with Crippen LogP contribution in [0.3, 0.4) is 0 Å². The number of aromatic nitrogens is 1. The molecule has 3 amide bonds. The van der Waals surface area contributed by atoms with Gasteiger partial charge in [0.2, 0.25) is 5.91 Å². The Balaban J connectivity index is 1.60. The van der Waals surface area contributed by atoms with E-state index in [4.69, 9.17) is 5.73 Å². The molecule has 4 N–H and O–H groups in total. The Kier molecular flexibility index (Phi) is 6.03. The number of benzene rings is 1. The van der Waals surface area contributed by atoms with Crippen LogP contribution in [0.15, 0.2) is 36.5 Å². The first-order valence-electron chi connectivity index (χ1n) is 9.13. The Labute approximate surface area is 159 Å². The molecule has 7 heteroatoms. The summed E-state index contributed by atoms with van der Waals surface area (Å²) in [5.74, 6) is -0.256. The number of hydrogen-bond acceptors (Lipinski definition) is 4. The maximum Gasteiger partial charge on any atom is 0.323 e. The Bertz CT molecular complexity index is 820. The third kappa shape index (κ3) is 5.27. The van der Waals surface area contributed by atoms with Crippen molar-refractivity contribution in [3.63, 3.8) is 0 Å². The van der Waals surface area contributed by atoms with Gasteiger partial charge in [-0.05, 0) is 55.6 Å². The highest BCUT2D eigenvalue weighted by Gasteiger charge is 2.19. The van der Waals surface area contributed by atoms with Crippen LogP contribution in [0.1, 0.15) is 29.7 Å². The minimum absolute atomic E-state index is 0.256. The van der Waals surface area contributed by atoms with Gasteiger partial charge in [0.15, 0.2) is 0 Å². The summed E-state index contributed by atoms with van der Waals surface area (Å²) in [7, 11) is 0. The number of anilines is 2. The van der Waals surface area contributed by atoms with Crippen molar-refractivity contribution in [2.24, 2.45) is 5.73 Å². The van der Waals surface area contributed by atoms with Crippen LogP contribution in [0.2, 0.25) is 0 Å².